The largest absolute Gasteiger partial charge is 0.475 e. The molecule has 7 heteroatoms. The van der Waals surface area contributed by atoms with Crippen molar-refractivity contribution in [3.8, 4) is 22.6 Å². The van der Waals surface area contributed by atoms with Gasteiger partial charge in [-0.2, -0.15) is 0 Å². The summed E-state index contributed by atoms with van der Waals surface area (Å²) in [5.74, 6) is 2.31. The van der Waals surface area contributed by atoms with Gasteiger partial charge in [0, 0.05) is 49.0 Å². The van der Waals surface area contributed by atoms with Crippen LogP contribution in [0.25, 0.3) is 22.0 Å². The summed E-state index contributed by atoms with van der Waals surface area (Å²) in [7, 11) is 0. The molecule has 2 aliphatic heterocycles. The number of nitrogens with zero attached hydrogens (tertiary/aromatic N) is 4. The first kappa shape index (κ1) is 25.6. The number of hydrogen-bond acceptors (Lipinski definition) is 7. The van der Waals surface area contributed by atoms with Crippen molar-refractivity contribution in [2.45, 2.75) is 52.0 Å². The number of fused-ring (bicyclic) bond motifs is 1. The Labute approximate surface area is 230 Å². The van der Waals surface area contributed by atoms with E-state index in [0.29, 0.717) is 5.95 Å². The minimum Gasteiger partial charge on any atom is -0.475 e. The molecule has 2 saturated heterocycles. The Kier molecular flexibility index (Phi) is 7.61. The smallest absolute Gasteiger partial charge is 0.227 e. The zero-order valence-corrected chi connectivity index (χ0v) is 22.8. The molecule has 0 spiro atoms. The second-order valence-corrected chi connectivity index (χ2v) is 10.5. The van der Waals surface area contributed by atoms with Crippen molar-refractivity contribution in [3.05, 3.63) is 72.9 Å². The third kappa shape index (κ3) is 6.00. The number of nitrogens with one attached hydrogen (secondary N) is 1. The highest BCUT2D eigenvalue weighted by Crippen LogP contribution is 2.30. The summed E-state index contributed by atoms with van der Waals surface area (Å²) >= 11 is 0. The fraction of sp³-hybridized carbons (Fsp3) is 0.375. The van der Waals surface area contributed by atoms with Crippen LogP contribution in [0.4, 0.5) is 11.6 Å². The number of para-hydroxylation sites is 1. The number of ether oxygens (including phenoxy) is 2. The van der Waals surface area contributed by atoms with Gasteiger partial charge in [-0.3, -0.25) is 9.80 Å². The molecule has 6 rings (SSSR count). The van der Waals surface area contributed by atoms with E-state index in [9.17, 15) is 0 Å². The van der Waals surface area contributed by atoms with Gasteiger partial charge in [0.15, 0.2) is 0 Å². The maximum absolute atomic E-state index is 6.20. The summed E-state index contributed by atoms with van der Waals surface area (Å²) in [6.45, 7) is 8.69. The maximum Gasteiger partial charge on any atom is 0.227 e. The standard InChI is InChI=1S/C32H37N5O2/c1-23(36-18-3-4-19-36)38-28-14-10-25(11-15-28)30-9-7-8-26-22-33-32(35-31(26)30)34-27-12-16-29(17-13-27)39-24(2)37-20-5-6-21-37/h7-17,22-24H,3-6,18-21H2,1-2H3,(H,33,34,35). The Morgan fingerprint density at radius 3 is 1.87 bits per heavy atom. The van der Waals surface area contributed by atoms with Crippen molar-refractivity contribution in [3.63, 3.8) is 0 Å². The van der Waals surface area contributed by atoms with Crippen LogP contribution in [0, 0.1) is 0 Å². The zero-order valence-electron chi connectivity index (χ0n) is 22.8. The second-order valence-electron chi connectivity index (χ2n) is 10.5. The fourth-order valence-corrected chi connectivity index (χ4v) is 5.56. The molecule has 7 nitrogen and oxygen atoms in total. The molecular weight excluding hydrogens is 486 g/mol. The summed E-state index contributed by atoms with van der Waals surface area (Å²) in [6, 6.07) is 22.5. The Morgan fingerprint density at radius 1 is 0.718 bits per heavy atom. The molecule has 2 fully saturated rings. The van der Waals surface area contributed by atoms with E-state index in [2.05, 4.69) is 70.3 Å². The topological polar surface area (TPSA) is 62.8 Å². The maximum atomic E-state index is 6.20. The normalized spacial score (nSPS) is 17.8. The first-order valence-corrected chi connectivity index (χ1v) is 14.2. The lowest BCUT2D eigenvalue weighted by molar-refractivity contribution is 0.0591. The Morgan fingerprint density at radius 2 is 1.28 bits per heavy atom. The number of anilines is 2. The molecule has 202 valence electrons. The van der Waals surface area contributed by atoms with E-state index in [1.807, 2.05) is 36.5 Å². The lowest BCUT2D eigenvalue weighted by atomic mass is 10.0. The molecule has 0 aliphatic carbocycles. The van der Waals surface area contributed by atoms with E-state index < -0.39 is 0 Å². The molecule has 2 atom stereocenters. The number of likely N-dealkylation sites (tertiary alicyclic amines) is 2. The van der Waals surface area contributed by atoms with Crippen LogP contribution in [0.1, 0.15) is 39.5 Å². The van der Waals surface area contributed by atoms with Gasteiger partial charge in [-0.05, 0) is 81.5 Å². The van der Waals surface area contributed by atoms with Gasteiger partial charge in [0.25, 0.3) is 0 Å². The molecule has 0 bridgehead atoms. The van der Waals surface area contributed by atoms with Crippen molar-refractivity contribution in [2.24, 2.45) is 0 Å². The third-order valence-corrected chi connectivity index (χ3v) is 7.81. The van der Waals surface area contributed by atoms with Crippen LogP contribution in [0.2, 0.25) is 0 Å². The highest BCUT2D eigenvalue weighted by atomic mass is 16.5. The van der Waals surface area contributed by atoms with E-state index in [1.54, 1.807) is 0 Å². The van der Waals surface area contributed by atoms with Crippen LogP contribution in [0.5, 0.6) is 11.5 Å². The molecule has 2 unspecified atom stereocenters. The molecule has 3 aromatic carbocycles. The number of rotatable bonds is 9. The van der Waals surface area contributed by atoms with E-state index in [4.69, 9.17) is 14.5 Å². The summed E-state index contributed by atoms with van der Waals surface area (Å²) < 4.78 is 12.3. The molecule has 0 amide bonds. The molecule has 39 heavy (non-hydrogen) atoms. The van der Waals surface area contributed by atoms with E-state index in [-0.39, 0.29) is 12.5 Å². The monoisotopic (exact) mass is 523 g/mol. The van der Waals surface area contributed by atoms with Gasteiger partial charge in [0.2, 0.25) is 5.95 Å². The molecule has 2 aliphatic rings. The van der Waals surface area contributed by atoms with Gasteiger partial charge in [0.1, 0.15) is 24.0 Å². The Balaban J connectivity index is 1.15. The predicted molar refractivity (Wildman–Crippen MR) is 156 cm³/mol. The summed E-state index contributed by atoms with van der Waals surface area (Å²) in [5.41, 5.74) is 3.99. The van der Waals surface area contributed by atoms with Crippen LogP contribution < -0.4 is 14.8 Å². The molecule has 0 radical (unpaired) electrons. The molecule has 1 N–H and O–H groups in total. The average molecular weight is 524 g/mol. The minimum absolute atomic E-state index is 0.0858. The van der Waals surface area contributed by atoms with Gasteiger partial charge >= 0.3 is 0 Å². The Hall–Kier alpha value is -3.68. The van der Waals surface area contributed by atoms with E-state index in [0.717, 1.165) is 65.4 Å². The van der Waals surface area contributed by atoms with Crippen LogP contribution in [0.15, 0.2) is 72.9 Å². The van der Waals surface area contributed by atoms with Gasteiger partial charge in [-0.15, -0.1) is 0 Å². The van der Waals surface area contributed by atoms with Crippen molar-refractivity contribution >= 4 is 22.5 Å². The number of hydrogen-bond donors (Lipinski definition) is 1. The van der Waals surface area contributed by atoms with Crippen molar-refractivity contribution < 1.29 is 9.47 Å². The molecule has 4 aromatic rings. The van der Waals surface area contributed by atoms with Gasteiger partial charge in [-0.1, -0.05) is 30.3 Å². The van der Waals surface area contributed by atoms with Crippen molar-refractivity contribution in [1.29, 1.82) is 0 Å². The SMILES string of the molecule is CC(Oc1ccc(Nc2ncc3cccc(-c4ccc(OC(C)N5CCCC5)cc4)c3n2)cc1)N1CCCC1. The minimum atomic E-state index is 0.0858. The van der Waals surface area contributed by atoms with Crippen LogP contribution in [0.3, 0.4) is 0 Å². The lowest BCUT2D eigenvalue weighted by Crippen LogP contribution is -2.34. The summed E-state index contributed by atoms with van der Waals surface area (Å²) in [4.78, 5) is 14.2. The molecule has 0 saturated carbocycles. The quantitative estimate of drug-likeness (QED) is 0.262. The van der Waals surface area contributed by atoms with Gasteiger partial charge < -0.3 is 14.8 Å². The average Bonchev–Trinajstić information content (AvgIpc) is 3.70. The Bertz CT molecular complexity index is 1380. The molecular formula is C32H37N5O2. The van der Waals surface area contributed by atoms with Crippen molar-refractivity contribution in [1.82, 2.24) is 19.8 Å². The van der Waals surface area contributed by atoms with Crippen LogP contribution >= 0.6 is 0 Å². The first-order valence-electron chi connectivity index (χ1n) is 14.2. The summed E-state index contributed by atoms with van der Waals surface area (Å²) in [6.07, 6.45) is 7.06. The third-order valence-electron chi connectivity index (χ3n) is 7.81. The predicted octanol–water partition coefficient (Wildman–Crippen LogP) is 6.68. The van der Waals surface area contributed by atoms with Crippen LogP contribution in [-0.2, 0) is 0 Å². The van der Waals surface area contributed by atoms with Crippen LogP contribution in [-0.4, -0.2) is 58.4 Å². The summed E-state index contributed by atoms with van der Waals surface area (Å²) in [5, 5.41) is 4.36. The molecule has 3 heterocycles. The lowest BCUT2D eigenvalue weighted by Gasteiger charge is -2.24. The van der Waals surface area contributed by atoms with Gasteiger partial charge in [0.05, 0.1) is 5.52 Å². The molecule has 1 aromatic heterocycles. The first-order chi connectivity index (χ1) is 19.1. The van der Waals surface area contributed by atoms with E-state index >= 15 is 0 Å². The fourth-order valence-electron chi connectivity index (χ4n) is 5.56. The van der Waals surface area contributed by atoms with Crippen molar-refractivity contribution in [2.75, 3.05) is 31.5 Å². The second kappa shape index (κ2) is 11.6. The van der Waals surface area contributed by atoms with Gasteiger partial charge in [-0.25, -0.2) is 9.97 Å². The number of benzene rings is 3. The zero-order chi connectivity index (χ0) is 26.6. The number of aromatic nitrogens is 2. The highest BCUT2D eigenvalue weighted by molar-refractivity contribution is 5.94. The highest BCUT2D eigenvalue weighted by Gasteiger charge is 2.20. The van der Waals surface area contributed by atoms with E-state index in [1.165, 1.54) is 25.7 Å².